The number of benzene rings is 1. The van der Waals surface area contributed by atoms with E-state index in [2.05, 4.69) is 20.8 Å². The van der Waals surface area contributed by atoms with Gasteiger partial charge in [-0.3, -0.25) is 4.79 Å². The number of anilines is 1. The number of likely N-dealkylation sites (N-methyl/N-ethyl adjacent to an activating group) is 1. The molecule has 1 aromatic heterocycles. The maximum atomic E-state index is 11.9. The second kappa shape index (κ2) is 5.32. The molecule has 21 heavy (non-hydrogen) atoms. The van der Waals surface area contributed by atoms with Gasteiger partial charge in [-0.2, -0.15) is 0 Å². The van der Waals surface area contributed by atoms with Gasteiger partial charge in [-0.15, -0.1) is 10.2 Å². The van der Waals surface area contributed by atoms with Gasteiger partial charge in [0.2, 0.25) is 5.91 Å². The van der Waals surface area contributed by atoms with Gasteiger partial charge in [-0.25, -0.2) is 0 Å². The number of hydrogen-bond acceptors (Lipinski definition) is 5. The van der Waals surface area contributed by atoms with Crippen LogP contribution in [0.15, 0.2) is 22.2 Å². The van der Waals surface area contributed by atoms with E-state index in [9.17, 15) is 4.79 Å². The van der Waals surface area contributed by atoms with Gasteiger partial charge in [-0.05, 0) is 37.9 Å². The molecule has 0 bridgehead atoms. The van der Waals surface area contributed by atoms with Crippen molar-refractivity contribution in [3.05, 3.63) is 28.5 Å². The van der Waals surface area contributed by atoms with E-state index in [0.29, 0.717) is 5.02 Å². The summed E-state index contributed by atoms with van der Waals surface area (Å²) in [7, 11) is 3.65. The Kier molecular flexibility index (Phi) is 3.64. The first kappa shape index (κ1) is 14.4. The first-order valence-electron chi connectivity index (χ1n) is 6.36. The number of carbonyl (C=O) groups is 1. The molecule has 6 nitrogen and oxygen atoms in total. The molecule has 1 atom stereocenters. The first-order valence-corrected chi connectivity index (χ1v) is 7.56. The topological polar surface area (TPSA) is 71.8 Å². The second-order valence-electron chi connectivity index (χ2n) is 4.77. The van der Waals surface area contributed by atoms with E-state index in [0.717, 1.165) is 27.1 Å². The summed E-state index contributed by atoms with van der Waals surface area (Å²) in [5.74, 6) is 0.763. The maximum absolute atomic E-state index is 11.9. The number of rotatable bonds is 3. The summed E-state index contributed by atoms with van der Waals surface area (Å²) >= 11 is 7.77. The summed E-state index contributed by atoms with van der Waals surface area (Å²) in [5.41, 5.74) is 1.65. The van der Waals surface area contributed by atoms with E-state index in [-0.39, 0.29) is 11.9 Å². The van der Waals surface area contributed by atoms with Crippen molar-refractivity contribution in [1.29, 1.82) is 0 Å². The molecule has 2 N–H and O–H groups in total. The highest BCUT2D eigenvalue weighted by atomic mass is 35.5. The van der Waals surface area contributed by atoms with Crippen molar-refractivity contribution in [2.45, 2.75) is 23.0 Å². The third kappa shape index (κ3) is 2.41. The van der Waals surface area contributed by atoms with Crippen molar-refractivity contribution in [1.82, 2.24) is 20.1 Å². The van der Waals surface area contributed by atoms with Crippen LogP contribution in [0.5, 0.6) is 0 Å². The van der Waals surface area contributed by atoms with Crippen LogP contribution in [-0.2, 0) is 11.8 Å². The molecule has 0 saturated carbocycles. The quantitative estimate of drug-likeness (QED) is 0.905. The monoisotopic (exact) mass is 323 g/mol. The lowest BCUT2D eigenvalue weighted by molar-refractivity contribution is -0.117. The molecule has 1 aromatic carbocycles. The van der Waals surface area contributed by atoms with Crippen LogP contribution < -0.4 is 10.6 Å². The van der Waals surface area contributed by atoms with Crippen LogP contribution in [0.2, 0.25) is 5.02 Å². The number of nitrogens with one attached hydrogen (secondary N) is 2. The number of amides is 1. The molecule has 1 unspecified atom stereocenters. The molecule has 0 spiro atoms. The molecule has 110 valence electrons. The van der Waals surface area contributed by atoms with Gasteiger partial charge in [0, 0.05) is 23.2 Å². The fraction of sp³-hybridized carbons (Fsp3) is 0.308. The molecule has 0 radical (unpaired) electrons. The van der Waals surface area contributed by atoms with Crippen LogP contribution in [-0.4, -0.2) is 27.7 Å². The van der Waals surface area contributed by atoms with Crippen molar-refractivity contribution in [2.24, 2.45) is 7.05 Å². The van der Waals surface area contributed by atoms with E-state index < -0.39 is 0 Å². The van der Waals surface area contributed by atoms with Crippen LogP contribution in [0.1, 0.15) is 17.4 Å². The summed E-state index contributed by atoms with van der Waals surface area (Å²) in [5, 5.41) is 15.3. The maximum Gasteiger partial charge on any atom is 0.246 e. The van der Waals surface area contributed by atoms with Gasteiger partial charge >= 0.3 is 0 Å². The van der Waals surface area contributed by atoms with Crippen molar-refractivity contribution in [2.75, 3.05) is 12.4 Å². The molecular formula is C13H14ClN5OS. The lowest BCUT2D eigenvalue weighted by atomic mass is 10.1. The number of hydrogen-bond donors (Lipinski definition) is 2. The predicted octanol–water partition coefficient (Wildman–Crippen LogP) is 2.14. The molecule has 0 aliphatic carbocycles. The molecule has 2 heterocycles. The van der Waals surface area contributed by atoms with Crippen LogP contribution in [0, 0.1) is 6.92 Å². The Bertz CT molecular complexity index is 730. The second-order valence-corrected chi connectivity index (χ2v) is 6.19. The van der Waals surface area contributed by atoms with Crippen LogP contribution in [0.3, 0.4) is 0 Å². The lowest BCUT2D eigenvalue weighted by Gasteiger charge is -2.09. The lowest BCUT2D eigenvalue weighted by Crippen LogP contribution is -2.23. The molecule has 0 saturated heterocycles. The summed E-state index contributed by atoms with van der Waals surface area (Å²) in [6.07, 6.45) is 0. The molecule has 0 fully saturated rings. The summed E-state index contributed by atoms with van der Waals surface area (Å²) in [4.78, 5) is 12.7. The Morgan fingerprint density at radius 3 is 2.81 bits per heavy atom. The Labute approximate surface area is 131 Å². The highest BCUT2D eigenvalue weighted by molar-refractivity contribution is 7.99. The first-order chi connectivity index (χ1) is 10.0. The van der Waals surface area contributed by atoms with Gasteiger partial charge in [0.1, 0.15) is 11.9 Å². The average Bonchev–Trinajstić information content (AvgIpc) is 2.92. The SMILES string of the molecule is CNC1C(=O)Nc2cc(Sc3nnc(C)n3C)c(Cl)cc21. The summed E-state index contributed by atoms with van der Waals surface area (Å²) in [6.45, 7) is 1.89. The molecule has 8 heteroatoms. The van der Waals surface area contributed by atoms with E-state index in [4.69, 9.17) is 11.6 Å². The molecule has 3 rings (SSSR count). The largest absolute Gasteiger partial charge is 0.324 e. The van der Waals surface area contributed by atoms with Crippen molar-refractivity contribution < 1.29 is 4.79 Å². The zero-order valence-electron chi connectivity index (χ0n) is 11.8. The number of halogens is 1. The highest BCUT2D eigenvalue weighted by Crippen LogP contribution is 2.40. The Morgan fingerprint density at radius 2 is 2.19 bits per heavy atom. The minimum Gasteiger partial charge on any atom is -0.324 e. The number of nitrogens with zero attached hydrogens (tertiary/aromatic N) is 3. The van der Waals surface area contributed by atoms with E-state index in [1.807, 2.05) is 30.7 Å². The van der Waals surface area contributed by atoms with Gasteiger partial charge < -0.3 is 15.2 Å². The average molecular weight is 324 g/mol. The zero-order chi connectivity index (χ0) is 15.1. The summed E-state index contributed by atoms with van der Waals surface area (Å²) < 4.78 is 1.89. The molecule has 2 aromatic rings. The Hall–Kier alpha value is -1.57. The van der Waals surface area contributed by atoms with Crippen molar-refractivity contribution in [3.63, 3.8) is 0 Å². The van der Waals surface area contributed by atoms with Gasteiger partial charge in [0.05, 0.1) is 5.02 Å². The number of aromatic nitrogens is 3. The van der Waals surface area contributed by atoms with Crippen LogP contribution >= 0.6 is 23.4 Å². The molecule has 1 aliphatic heterocycles. The van der Waals surface area contributed by atoms with Gasteiger partial charge in [0.15, 0.2) is 5.16 Å². The van der Waals surface area contributed by atoms with Gasteiger partial charge in [-0.1, -0.05) is 11.6 Å². The smallest absolute Gasteiger partial charge is 0.246 e. The molecular weight excluding hydrogens is 310 g/mol. The van der Waals surface area contributed by atoms with E-state index >= 15 is 0 Å². The minimum atomic E-state index is -0.353. The van der Waals surface area contributed by atoms with E-state index in [1.165, 1.54) is 11.8 Å². The number of aryl methyl sites for hydroxylation is 1. The van der Waals surface area contributed by atoms with Crippen molar-refractivity contribution in [3.8, 4) is 0 Å². The fourth-order valence-electron chi connectivity index (χ4n) is 2.20. The third-order valence-electron chi connectivity index (χ3n) is 3.48. The number of fused-ring (bicyclic) bond motifs is 1. The molecule has 1 amide bonds. The van der Waals surface area contributed by atoms with Crippen molar-refractivity contribution >= 4 is 35.0 Å². The highest BCUT2D eigenvalue weighted by Gasteiger charge is 2.30. The Balaban J connectivity index is 1.97. The molecule has 1 aliphatic rings. The van der Waals surface area contributed by atoms with Crippen LogP contribution in [0.25, 0.3) is 0 Å². The Morgan fingerprint density at radius 1 is 1.43 bits per heavy atom. The normalized spacial score (nSPS) is 17.0. The van der Waals surface area contributed by atoms with Gasteiger partial charge in [0.25, 0.3) is 0 Å². The van der Waals surface area contributed by atoms with Crippen LogP contribution in [0.4, 0.5) is 5.69 Å². The fourth-order valence-corrected chi connectivity index (χ4v) is 3.37. The zero-order valence-corrected chi connectivity index (χ0v) is 13.3. The number of carbonyl (C=O) groups excluding carboxylic acids is 1. The standard InChI is InChI=1S/C13H14ClN5OS/c1-6-17-18-13(19(6)3)21-10-5-9-7(4-8(10)14)11(15-2)12(20)16-9/h4-5,11,15H,1-3H3,(H,16,20). The summed E-state index contributed by atoms with van der Waals surface area (Å²) in [6, 6.07) is 3.34. The third-order valence-corrected chi connectivity index (χ3v) is 5.00. The predicted molar refractivity (Wildman–Crippen MR) is 81.7 cm³/mol. The van der Waals surface area contributed by atoms with E-state index in [1.54, 1.807) is 7.05 Å². The minimum absolute atomic E-state index is 0.0692.